The van der Waals surface area contributed by atoms with Gasteiger partial charge in [-0.2, -0.15) is 0 Å². The zero-order valence-corrected chi connectivity index (χ0v) is 12.9. The van der Waals surface area contributed by atoms with Crippen molar-refractivity contribution in [3.8, 4) is 12.3 Å². The molecule has 21 heavy (non-hydrogen) atoms. The molecule has 1 N–H and O–H groups in total. The maximum Gasteiger partial charge on any atom is 0.226 e. The minimum absolute atomic E-state index is 0.00695. The van der Waals surface area contributed by atoms with E-state index in [1.165, 1.54) is 19.3 Å². The second-order valence-electron chi connectivity index (χ2n) is 8.77. The van der Waals surface area contributed by atoms with Gasteiger partial charge < -0.3 is 5.32 Å². The molecule has 2 heteroatoms. The summed E-state index contributed by atoms with van der Waals surface area (Å²) in [5, 5.41) is 3.14. The summed E-state index contributed by atoms with van der Waals surface area (Å²) in [5.41, 5.74) is 0.236. The Labute approximate surface area is 127 Å². The smallest absolute Gasteiger partial charge is 0.226 e. The lowest BCUT2D eigenvalue weighted by Crippen LogP contribution is -2.69. The van der Waals surface area contributed by atoms with Crippen LogP contribution in [0, 0.1) is 58.7 Å². The standard InChI is InChI=1S/C19H25NO/c1-3-18-5-11-14-8-19(17(21)20-4-2)9-15(11)13(7-18)16(10-19)12(14)6-18/h1,11-16H,4-10H2,2H3,(H,20,21). The Kier molecular flexibility index (Phi) is 2.20. The van der Waals surface area contributed by atoms with Crippen LogP contribution in [0.3, 0.4) is 0 Å². The molecule has 1 amide bonds. The van der Waals surface area contributed by atoms with E-state index in [9.17, 15) is 4.79 Å². The second kappa shape index (κ2) is 3.67. The van der Waals surface area contributed by atoms with Crippen LogP contribution < -0.4 is 5.32 Å². The topological polar surface area (TPSA) is 29.1 Å². The molecule has 0 unspecified atom stereocenters. The Morgan fingerprint density at radius 3 is 1.81 bits per heavy atom. The van der Waals surface area contributed by atoms with Gasteiger partial charge in [0.25, 0.3) is 0 Å². The van der Waals surface area contributed by atoms with E-state index in [4.69, 9.17) is 6.42 Å². The first-order valence-electron chi connectivity index (χ1n) is 8.87. The Hall–Kier alpha value is -0.970. The number of nitrogens with one attached hydrogen (secondary N) is 1. The van der Waals surface area contributed by atoms with Crippen molar-refractivity contribution in [1.29, 1.82) is 0 Å². The van der Waals surface area contributed by atoms with Crippen LogP contribution in [-0.2, 0) is 4.79 Å². The van der Waals surface area contributed by atoms with Gasteiger partial charge in [-0.25, -0.2) is 0 Å². The lowest BCUT2D eigenvalue weighted by molar-refractivity contribution is -0.242. The molecule has 8 bridgehead atoms. The summed E-state index contributed by atoms with van der Waals surface area (Å²) in [5.74, 6) is 8.54. The first kappa shape index (κ1) is 12.6. The van der Waals surface area contributed by atoms with E-state index in [2.05, 4.69) is 11.2 Å². The Balaban J connectivity index is 1.54. The molecule has 0 spiro atoms. The highest BCUT2D eigenvalue weighted by Crippen LogP contribution is 2.76. The van der Waals surface area contributed by atoms with Crippen molar-refractivity contribution >= 4 is 5.91 Å². The molecule has 0 aromatic heterocycles. The first-order chi connectivity index (χ1) is 10.1. The second-order valence-corrected chi connectivity index (χ2v) is 8.77. The van der Waals surface area contributed by atoms with Crippen molar-refractivity contribution in [2.75, 3.05) is 6.54 Å². The summed E-state index contributed by atoms with van der Waals surface area (Å²) in [6.07, 6.45) is 13.2. The number of amides is 1. The molecule has 0 heterocycles. The molecule has 7 aliphatic rings. The highest BCUT2D eigenvalue weighted by atomic mass is 16.2. The van der Waals surface area contributed by atoms with Crippen LogP contribution in [-0.4, -0.2) is 12.5 Å². The summed E-state index contributed by atoms with van der Waals surface area (Å²) in [6, 6.07) is 0. The Morgan fingerprint density at radius 2 is 1.43 bits per heavy atom. The SMILES string of the molecule is C#CC12CC3C4CC5(C(=O)NCC)CC3C(C1)C(C5)C4C2. The predicted molar refractivity (Wildman–Crippen MR) is 81.0 cm³/mol. The molecular weight excluding hydrogens is 258 g/mol. The molecule has 0 aromatic rings. The van der Waals surface area contributed by atoms with Crippen LogP contribution in [0.5, 0.6) is 0 Å². The predicted octanol–water partition coefficient (Wildman–Crippen LogP) is 2.83. The molecule has 7 aliphatic carbocycles. The molecular formula is C19H25NO. The Bertz CT molecular complexity index is 493. The van der Waals surface area contributed by atoms with Gasteiger partial charge in [0.15, 0.2) is 0 Å². The molecule has 7 fully saturated rings. The number of carbonyl (C=O) groups is 1. The molecule has 0 radical (unpaired) electrons. The van der Waals surface area contributed by atoms with E-state index >= 15 is 0 Å². The van der Waals surface area contributed by atoms with Crippen molar-refractivity contribution in [2.45, 2.75) is 45.4 Å². The molecule has 7 rings (SSSR count). The maximum atomic E-state index is 12.7. The quantitative estimate of drug-likeness (QED) is 0.776. The zero-order valence-electron chi connectivity index (χ0n) is 12.9. The van der Waals surface area contributed by atoms with E-state index < -0.39 is 0 Å². The van der Waals surface area contributed by atoms with Gasteiger partial charge in [0.2, 0.25) is 5.91 Å². The lowest BCUT2D eigenvalue weighted by atomic mass is 9.30. The van der Waals surface area contributed by atoms with E-state index in [0.717, 1.165) is 61.3 Å². The van der Waals surface area contributed by atoms with Gasteiger partial charge in [0.05, 0.1) is 5.41 Å². The van der Waals surface area contributed by atoms with Crippen molar-refractivity contribution in [3.63, 3.8) is 0 Å². The van der Waals surface area contributed by atoms with Crippen molar-refractivity contribution in [3.05, 3.63) is 0 Å². The van der Waals surface area contributed by atoms with E-state index in [1.807, 2.05) is 6.92 Å². The number of rotatable bonds is 2. The van der Waals surface area contributed by atoms with Crippen molar-refractivity contribution < 1.29 is 4.79 Å². The summed E-state index contributed by atoms with van der Waals surface area (Å²) in [4.78, 5) is 12.7. The molecule has 0 aliphatic heterocycles. The average molecular weight is 283 g/mol. The van der Waals surface area contributed by atoms with Gasteiger partial charge >= 0.3 is 0 Å². The molecule has 7 saturated carbocycles. The zero-order chi connectivity index (χ0) is 14.4. The third kappa shape index (κ3) is 1.31. The number of terminal acetylenes is 1. The van der Waals surface area contributed by atoms with Gasteiger partial charge in [-0.1, -0.05) is 5.92 Å². The van der Waals surface area contributed by atoms with Crippen LogP contribution in [0.15, 0.2) is 0 Å². The molecule has 2 nitrogen and oxygen atoms in total. The van der Waals surface area contributed by atoms with Crippen LogP contribution >= 0.6 is 0 Å². The summed E-state index contributed by atoms with van der Waals surface area (Å²) < 4.78 is 0. The van der Waals surface area contributed by atoms with E-state index in [-0.39, 0.29) is 10.8 Å². The van der Waals surface area contributed by atoms with Crippen molar-refractivity contribution in [2.24, 2.45) is 46.3 Å². The highest BCUT2D eigenvalue weighted by Gasteiger charge is 2.71. The summed E-state index contributed by atoms with van der Waals surface area (Å²) in [7, 11) is 0. The van der Waals surface area contributed by atoms with Crippen LogP contribution in [0.25, 0.3) is 0 Å². The molecule has 0 saturated heterocycles. The van der Waals surface area contributed by atoms with Crippen molar-refractivity contribution in [1.82, 2.24) is 5.32 Å². The fraction of sp³-hybridized carbons (Fsp3) is 0.842. The molecule has 112 valence electrons. The Morgan fingerprint density at radius 1 is 1.00 bits per heavy atom. The summed E-state index contributed by atoms with van der Waals surface area (Å²) in [6.45, 7) is 2.82. The lowest BCUT2D eigenvalue weighted by Gasteiger charge is -2.73. The van der Waals surface area contributed by atoms with Gasteiger partial charge in [-0.05, 0) is 81.0 Å². The number of hydrogen-bond donors (Lipinski definition) is 1. The van der Waals surface area contributed by atoms with Crippen LogP contribution in [0.4, 0.5) is 0 Å². The third-order valence-electron chi connectivity index (χ3n) is 8.18. The van der Waals surface area contributed by atoms with E-state index in [0.29, 0.717) is 5.91 Å². The van der Waals surface area contributed by atoms with E-state index in [1.54, 1.807) is 0 Å². The van der Waals surface area contributed by atoms with Crippen LogP contribution in [0.1, 0.15) is 45.4 Å². The fourth-order valence-electron chi connectivity index (χ4n) is 7.73. The minimum atomic E-state index is -0.00695. The molecule has 0 aromatic carbocycles. The van der Waals surface area contributed by atoms with Gasteiger partial charge in [-0.3, -0.25) is 4.79 Å². The van der Waals surface area contributed by atoms with Gasteiger partial charge in [0.1, 0.15) is 0 Å². The van der Waals surface area contributed by atoms with Gasteiger partial charge in [-0.15, -0.1) is 6.42 Å². The highest BCUT2D eigenvalue weighted by molar-refractivity contribution is 5.83. The third-order valence-corrected chi connectivity index (χ3v) is 8.18. The maximum absolute atomic E-state index is 12.7. The number of hydrogen-bond acceptors (Lipinski definition) is 1. The van der Waals surface area contributed by atoms with Crippen LogP contribution in [0.2, 0.25) is 0 Å². The first-order valence-corrected chi connectivity index (χ1v) is 8.87. The number of carbonyl (C=O) groups excluding carboxylic acids is 1. The molecule has 0 atom stereocenters. The summed E-state index contributed by atoms with van der Waals surface area (Å²) >= 11 is 0. The monoisotopic (exact) mass is 283 g/mol. The minimum Gasteiger partial charge on any atom is -0.356 e. The fourth-order valence-corrected chi connectivity index (χ4v) is 7.73. The average Bonchev–Trinajstić information content (AvgIpc) is 2.52. The van der Waals surface area contributed by atoms with Gasteiger partial charge in [0, 0.05) is 12.0 Å². The normalized spacial score (nSPS) is 58.3. The largest absolute Gasteiger partial charge is 0.356 e.